The molecule has 0 radical (unpaired) electrons. The van der Waals surface area contributed by atoms with Crippen molar-refractivity contribution in [1.29, 1.82) is 0 Å². The van der Waals surface area contributed by atoms with Crippen LogP contribution in [-0.4, -0.2) is 40.5 Å². The highest BCUT2D eigenvalue weighted by Gasteiger charge is 2.21. The molecule has 0 atom stereocenters. The van der Waals surface area contributed by atoms with Crippen LogP contribution in [0.25, 0.3) is 5.65 Å². The van der Waals surface area contributed by atoms with Crippen LogP contribution in [-0.2, 0) is 6.42 Å². The molecule has 4 nitrogen and oxygen atoms in total. The second-order valence-corrected chi connectivity index (χ2v) is 6.34. The van der Waals surface area contributed by atoms with Gasteiger partial charge in [0.05, 0.1) is 19.0 Å². The van der Waals surface area contributed by atoms with Crippen LogP contribution >= 0.6 is 0 Å². The monoisotopic (exact) mass is 287 g/mol. The number of likely N-dealkylation sites (tertiary alicyclic amines) is 1. The number of aromatic nitrogens is 2. The fourth-order valence-corrected chi connectivity index (χ4v) is 3.21. The summed E-state index contributed by atoms with van der Waals surface area (Å²) in [7, 11) is 1.70. The molecule has 0 bridgehead atoms. The van der Waals surface area contributed by atoms with Crippen LogP contribution in [0, 0.1) is 5.92 Å². The lowest BCUT2D eigenvalue weighted by Crippen LogP contribution is -2.38. The number of ether oxygens (including phenoxy) is 1. The first-order valence-electron chi connectivity index (χ1n) is 7.91. The average Bonchev–Trinajstić information content (AvgIpc) is 2.88. The first-order valence-corrected chi connectivity index (χ1v) is 7.91. The molecule has 0 aliphatic carbocycles. The Morgan fingerprint density at radius 3 is 2.67 bits per heavy atom. The number of hydrogen-bond acceptors (Lipinski definition) is 3. The van der Waals surface area contributed by atoms with E-state index in [-0.39, 0.29) is 0 Å². The molecule has 1 aliphatic heterocycles. The molecule has 1 saturated heterocycles. The Balaban J connectivity index is 1.65. The fraction of sp³-hybridized carbons (Fsp3) is 0.588. The quantitative estimate of drug-likeness (QED) is 0.866. The summed E-state index contributed by atoms with van der Waals surface area (Å²) >= 11 is 0. The van der Waals surface area contributed by atoms with E-state index in [2.05, 4.69) is 29.3 Å². The Labute approximate surface area is 126 Å². The molecular formula is C17H25N3O. The number of fused-ring (bicyclic) bond motifs is 1. The van der Waals surface area contributed by atoms with E-state index in [9.17, 15) is 0 Å². The van der Waals surface area contributed by atoms with Gasteiger partial charge in [-0.1, -0.05) is 0 Å². The summed E-state index contributed by atoms with van der Waals surface area (Å²) in [6, 6.07) is 4.66. The van der Waals surface area contributed by atoms with Gasteiger partial charge in [0.1, 0.15) is 11.4 Å². The third kappa shape index (κ3) is 3.21. The van der Waals surface area contributed by atoms with Gasteiger partial charge in [-0.05, 0) is 64.3 Å². The van der Waals surface area contributed by atoms with Crippen molar-refractivity contribution < 1.29 is 4.74 Å². The average molecular weight is 287 g/mol. The van der Waals surface area contributed by atoms with Gasteiger partial charge in [-0.25, -0.2) is 4.98 Å². The standard InChI is InChI=1S/C17H25N3O/c1-13(2)19-8-6-14(7-9-19)10-15-11-20-12-16(21-3)4-5-17(20)18-15/h4-5,11-14H,6-10H2,1-3H3. The third-order valence-corrected chi connectivity index (χ3v) is 4.59. The van der Waals surface area contributed by atoms with Gasteiger partial charge in [-0.3, -0.25) is 0 Å². The van der Waals surface area contributed by atoms with Gasteiger partial charge in [0.15, 0.2) is 0 Å². The Morgan fingerprint density at radius 1 is 1.24 bits per heavy atom. The fourth-order valence-electron chi connectivity index (χ4n) is 3.21. The molecule has 1 aliphatic rings. The molecule has 2 aromatic heterocycles. The molecule has 0 aromatic carbocycles. The molecule has 1 fully saturated rings. The van der Waals surface area contributed by atoms with Crippen LogP contribution in [0.3, 0.4) is 0 Å². The van der Waals surface area contributed by atoms with E-state index in [1.807, 2.05) is 18.3 Å². The summed E-state index contributed by atoms with van der Waals surface area (Å²) in [5.41, 5.74) is 2.21. The summed E-state index contributed by atoms with van der Waals surface area (Å²) in [5, 5.41) is 0. The molecule has 0 spiro atoms. The highest BCUT2D eigenvalue weighted by atomic mass is 16.5. The van der Waals surface area contributed by atoms with Gasteiger partial charge in [0.2, 0.25) is 0 Å². The predicted molar refractivity (Wildman–Crippen MR) is 84.9 cm³/mol. The molecule has 0 saturated carbocycles. The van der Waals surface area contributed by atoms with Crippen molar-refractivity contribution in [3.05, 3.63) is 30.2 Å². The normalized spacial score (nSPS) is 17.7. The summed E-state index contributed by atoms with van der Waals surface area (Å²) in [6.07, 6.45) is 7.81. The van der Waals surface area contributed by atoms with Crippen LogP contribution < -0.4 is 4.74 Å². The second-order valence-electron chi connectivity index (χ2n) is 6.34. The molecule has 114 valence electrons. The molecule has 0 N–H and O–H groups in total. The number of nitrogens with zero attached hydrogens (tertiary/aromatic N) is 3. The highest BCUT2D eigenvalue weighted by molar-refractivity contribution is 5.43. The van der Waals surface area contributed by atoms with Gasteiger partial charge in [-0.2, -0.15) is 0 Å². The number of hydrogen-bond donors (Lipinski definition) is 0. The van der Waals surface area contributed by atoms with E-state index in [0.717, 1.165) is 23.7 Å². The molecule has 2 aromatic rings. The van der Waals surface area contributed by atoms with Crippen molar-refractivity contribution >= 4 is 5.65 Å². The SMILES string of the molecule is COc1ccc2nc(CC3CCN(C(C)C)CC3)cn2c1. The number of rotatable bonds is 4. The lowest BCUT2D eigenvalue weighted by Gasteiger charge is -2.34. The summed E-state index contributed by atoms with van der Waals surface area (Å²) < 4.78 is 7.33. The zero-order valence-corrected chi connectivity index (χ0v) is 13.2. The molecule has 0 amide bonds. The largest absolute Gasteiger partial charge is 0.495 e. The van der Waals surface area contributed by atoms with E-state index in [1.54, 1.807) is 7.11 Å². The maximum absolute atomic E-state index is 5.26. The van der Waals surface area contributed by atoms with Crippen LogP contribution in [0.4, 0.5) is 0 Å². The molecule has 21 heavy (non-hydrogen) atoms. The lowest BCUT2D eigenvalue weighted by atomic mass is 9.92. The maximum atomic E-state index is 5.26. The van der Waals surface area contributed by atoms with Crippen LogP contribution in [0.1, 0.15) is 32.4 Å². The minimum absolute atomic E-state index is 0.675. The second kappa shape index (κ2) is 6.06. The van der Waals surface area contributed by atoms with Gasteiger partial charge < -0.3 is 14.0 Å². The van der Waals surface area contributed by atoms with E-state index in [0.29, 0.717) is 6.04 Å². The molecule has 3 rings (SSSR count). The summed E-state index contributed by atoms with van der Waals surface area (Å²) in [6.45, 7) is 7.03. The Bertz CT molecular complexity index is 597. The minimum atomic E-state index is 0.675. The topological polar surface area (TPSA) is 29.8 Å². The van der Waals surface area contributed by atoms with Gasteiger partial charge in [0, 0.05) is 12.2 Å². The van der Waals surface area contributed by atoms with Crippen molar-refractivity contribution in [3.8, 4) is 5.75 Å². The number of pyridine rings is 1. The van der Waals surface area contributed by atoms with Crippen LogP contribution in [0.2, 0.25) is 0 Å². The number of methoxy groups -OCH3 is 1. The minimum Gasteiger partial charge on any atom is -0.495 e. The maximum Gasteiger partial charge on any atom is 0.137 e. The summed E-state index contributed by atoms with van der Waals surface area (Å²) in [4.78, 5) is 7.30. The molecule has 4 heteroatoms. The lowest BCUT2D eigenvalue weighted by molar-refractivity contribution is 0.149. The van der Waals surface area contributed by atoms with Gasteiger partial charge in [0.25, 0.3) is 0 Å². The smallest absolute Gasteiger partial charge is 0.137 e. The van der Waals surface area contributed by atoms with E-state index in [1.165, 1.54) is 31.6 Å². The molecular weight excluding hydrogens is 262 g/mol. The van der Waals surface area contributed by atoms with Crippen LogP contribution in [0.5, 0.6) is 5.75 Å². The molecule has 3 heterocycles. The Hall–Kier alpha value is -1.55. The Morgan fingerprint density at radius 2 is 2.00 bits per heavy atom. The molecule has 0 unspecified atom stereocenters. The van der Waals surface area contributed by atoms with Crippen molar-refractivity contribution in [3.63, 3.8) is 0 Å². The highest BCUT2D eigenvalue weighted by Crippen LogP contribution is 2.23. The van der Waals surface area contributed by atoms with Crippen molar-refractivity contribution in [2.24, 2.45) is 5.92 Å². The van der Waals surface area contributed by atoms with E-state index in [4.69, 9.17) is 9.72 Å². The van der Waals surface area contributed by atoms with Crippen molar-refractivity contribution in [1.82, 2.24) is 14.3 Å². The first kappa shape index (κ1) is 14.4. The van der Waals surface area contributed by atoms with Crippen LogP contribution in [0.15, 0.2) is 24.5 Å². The van der Waals surface area contributed by atoms with E-state index < -0.39 is 0 Å². The van der Waals surface area contributed by atoms with E-state index >= 15 is 0 Å². The zero-order valence-electron chi connectivity index (χ0n) is 13.2. The third-order valence-electron chi connectivity index (χ3n) is 4.59. The number of imidazole rings is 1. The van der Waals surface area contributed by atoms with Crippen molar-refractivity contribution in [2.75, 3.05) is 20.2 Å². The first-order chi connectivity index (χ1) is 10.2. The van der Waals surface area contributed by atoms with Gasteiger partial charge in [-0.15, -0.1) is 0 Å². The van der Waals surface area contributed by atoms with Crippen molar-refractivity contribution in [2.45, 2.75) is 39.2 Å². The van der Waals surface area contributed by atoms with Gasteiger partial charge >= 0.3 is 0 Å². The predicted octanol–water partition coefficient (Wildman–Crippen LogP) is 3.01. The Kier molecular flexibility index (Phi) is 4.15. The summed E-state index contributed by atoms with van der Waals surface area (Å²) in [5.74, 6) is 1.64. The number of piperidine rings is 1. The zero-order chi connectivity index (χ0) is 14.8.